The van der Waals surface area contributed by atoms with Crippen LogP contribution in [-0.4, -0.2) is 42.1 Å². The van der Waals surface area contributed by atoms with Gasteiger partial charge in [-0.25, -0.2) is 9.18 Å². The summed E-state index contributed by atoms with van der Waals surface area (Å²) >= 11 is 0. The summed E-state index contributed by atoms with van der Waals surface area (Å²) in [4.78, 5) is 18.1. The first-order chi connectivity index (χ1) is 16.7. The van der Waals surface area contributed by atoms with E-state index < -0.39 is 5.97 Å². The molecule has 1 aliphatic heterocycles. The third-order valence-corrected chi connectivity index (χ3v) is 6.40. The zero-order valence-corrected chi connectivity index (χ0v) is 18.8. The van der Waals surface area contributed by atoms with Gasteiger partial charge in [-0.15, -0.1) is 0 Å². The number of rotatable bonds is 8. The molecule has 2 aromatic carbocycles. The van der Waals surface area contributed by atoms with E-state index in [1.807, 2.05) is 18.3 Å². The smallest absolute Gasteiger partial charge is 0.342 e. The SMILES string of the molecule is O=C(OCc1ccco1)c1ccccc1OCCN1CCC(c2c[nH]c3cc(F)ccc23)CC1. The Kier molecular flexibility index (Phi) is 6.62. The van der Waals surface area contributed by atoms with Gasteiger partial charge in [0.05, 0.1) is 6.26 Å². The third-order valence-electron chi connectivity index (χ3n) is 6.40. The summed E-state index contributed by atoms with van der Waals surface area (Å²) in [5.41, 5.74) is 2.53. The van der Waals surface area contributed by atoms with Gasteiger partial charge in [-0.3, -0.25) is 4.90 Å². The van der Waals surface area contributed by atoms with E-state index in [4.69, 9.17) is 13.9 Å². The second-order valence-corrected chi connectivity index (χ2v) is 8.55. The molecule has 0 aliphatic carbocycles. The number of carbonyl (C=O) groups excluding carboxylic acids is 1. The second-order valence-electron chi connectivity index (χ2n) is 8.55. The molecular formula is C27H27FN2O4. The molecule has 1 N–H and O–H groups in total. The molecule has 1 fully saturated rings. The maximum atomic E-state index is 13.5. The van der Waals surface area contributed by atoms with E-state index >= 15 is 0 Å². The van der Waals surface area contributed by atoms with Crippen LogP contribution < -0.4 is 4.74 Å². The Balaban J connectivity index is 1.11. The third kappa shape index (κ3) is 4.99. The molecule has 6 nitrogen and oxygen atoms in total. The Labute approximate surface area is 197 Å². The minimum Gasteiger partial charge on any atom is -0.491 e. The predicted octanol–water partition coefficient (Wildman–Crippen LogP) is 5.52. The number of nitrogens with zero attached hydrogens (tertiary/aromatic N) is 1. The Morgan fingerprint density at radius 2 is 1.97 bits per heavy atom. The van der Waals surface area contributed by atoms with Crippen molar-refractivity contribution >= 4 is 16.9 Å². The zero-order chi connectivity index (χ0) is 23.3. The number of H-pyrrole nitrogens is 1. The minimum absolute atomic E-state index is 0.0838. The number of nitrogens with one attached hydrogen (secondary N) is 1. The summed E-state index contributed by atoms with van der Waals surface area (Å²) < 4.78 is 30.0. The lowest BCUT2D eigenvalue weighted by atomic mass is 9.89. The highest BCUT2D eigenvalue weighted by atomic mass is 19.1. The number of hydrogen-bond donors (Lipinski definition) is 1. The number of halogens is 1. The minimum atomic E-state index is -0.438. The van der Waals surface area contributed by atoms with E-state index in [1.54, 1.807) is 42.7 Å². The van der Waals surface area contributed by atoms with Crippen molar-refractivity contribution in [3.63, 3.8) is 0 Å². The Hall–Kier alpha value is -3.58. The van der Waals surface area contributed by atoms with Gasteiger partial charge in [0, 0.05) is 23.6 Å². The lowest BCUT2D eigenvalue weighted by molar-refractivity contribution is 0.0440. The van der Waals surface area contributed by atoms with Crippen LogP contribution in [0.25, 0.3) is 10.9 Å². The summed E-state index contributed by atoms with van der Waals surface area (Å²) in [7, 11) is 0. The van der Waals surface area contributed by atoms with Crippen LogP contribution in [0.2, 0.25) is 0 Å². The molecule has 0 amide bonds. The Morgan fingerprint density at radius 1 is 1.12 bits per heavy atom. The molecule has 0 atom stereocenters. The molecule has 0 spiro atoms. The van der Waals surface area contributed by atoms with Crippen molar-refractivity contribution in [2.75, 3.05) is 26.2 Å². The fourth-order valence-electron chi connectivity index (χ4n) is 4.58. The molecule has 5 rings (SSSR count). The predicted molar refractivity (Wildman–Crippen MR) is 126 cm³/mol. The van der Waals surface area contributed by atoms with E-state index in [0.29, 0.717) is 29.6 Å². The number of piperidine rings is 1. The average molecular weight is 463 g/mol. The van der Waals surface area contributed by atoms with Crippen LogP contribution in [-0.2, 0) is 11.3 Å². The van der Waals surface area contributed by atoms with Gasteiger partial charge >= 0.3 is 5.97 Å². The second kappa shape index (κ2) is 10.1. The highest BCUT2D eigenvalue weighted by molar-refractivity contribution is 5.92. The highest BCUT2D eigenvalue weighted by Gasteiger charge is 2.23. The van der Waals surface area contributed by atoms with Crippen molar-refractivity contribution in [3.8, 4) is 5.75 Å². The lowest BCUT2D eigenvalue weighted by Crippen LogP contribution is -2.35. The molecule has 1 aliphatic rings. The normalized spacial score (nSPS) is 15.0. The van der Waals surface area contributed by atoms with Gasteiger partial charge in [0.2, 0.25) is 0 Å². The summed E-state index contributed by atoms with van der Waals surface area (Å²) in [6.07, 6.45) is 5.65. The number of fused-ring (bicyclic) bond motifs is 1. The van der Waals surface area contributed by atoms with E-state index in [-0.39, 0.29) is 12.4 Å². The van der Waals surface area contributed by atoms with Gasteiger partial charge < -0.3 is 18.9 Å². The molecule has 0 bridgehead atoms. The van der Waals surface area contributed by atoms with Gasteiger partial charge in [-0.05, 0) is 79.9 Å². The van der Waals surface area contributed by atoms with Gasteiger partial charge in [0.1, 0.15) is 36.1 Å². The van der Waals surface area contributed by atoms with E-state index in [0.717, 1.165) is 43.4 Å². The summed E-state index contributed by atoms with van der Waals surface area (Å²) in [6, 6.07) is 15.6. The maximum Gasteiger partial charge on any atom is 0.342 e. The fraction of sp³-hybridized carbons (Fsp3) is 0.296. The van der Waals surface area contributed by atoms with Crippen LogP contribution in [0.1, 0.15) is 40.4 Å². The average Bonchev–Trinajstić information content (AvgIpc) is 3.53. The largest absolute Gasteiger partial charge is 0.491 e. The lowest BCUT2D eigenvalue weighted by Gasteiger charge is -2.31. The molecule has 34 heavy (non-hydrogen) atoms. The number of carbonyl (C=O) groups is 1. The number of ether oxygens (including phenoxy) is 2. The number of hydrogen-bond acceptors (Lipinski definition) is 5. The van der Waals surface area contributed by atoms with Crippen LogP contribution in [0.15, 0.2) is 71.5 Å². The molecule has 0 saturated carbocycles. The van der Waals surface area contributed by atoms with Crippen molar-refractivity contribution < 1.29 is 23.1 Å². The standard InChI is InChI=1S/C27H27FN2O4/c28-20-7-8-22-24(17-29-25(22)16-20)19-9-11-30(12-10-19)13-15-33-26-6-2-1-5-23(26)27(31)34-18-21-4-3-14-32-21/h1-8,14,16-17,19,29H,9-13,15,18H2. The molecule has 4 aromatic rings. The first-order valence-corrected chi connectivity index (χ1v) is 11.6. The monoisotopic (exact) mass is 462 g/mol. The molecular weight excluding hydrogens is 435 g/mol. The summed E-state index contributed by atoms with van der Waals surface area (Å²) in [5, 5.41) is 1.11. The molecule has 2 aromatic heterocycles. The number of benzene rings is 2. The van der Waals surface area contributed by atoms with Crippen molar-refractivity contribution in [1.82, 2.24) is 9.88 Å². The van der Waals surface area contributed by atoms with Crippen molar-refractivity contribution in [1.29, 1.82) is 0 Å². The first kappa shape index (κ1) is 22.2. The number of likely N-dealkylation sites (tertiary alicyclic amines) is 1. The molecule has 0 unspecified atom stereocenters. The number of esters is 1. The van der Waals surface area contributed by atoms with E-state index in [2.05, 4.69) is 9.88 Å². The number of furan rings is 1. The highest BCUT2D eigenvalue weighted by Crippen LogP contribution is 2.33. The van der Waals surface area contributed by atoms with Crippen LogP contribution in [0.3, 0.4) is 0 Å². The van der Waals surface area contributed by atoms with Gasteiger partial charge in [0.15, 0.2) is 0 Å². The van der Waals surface area contributed by atoms with Crippen molar-refractivity contribution in [3.05, 3.63) is 89.8 Å². The van der Waals surface area contributed by atoms with Crippen LogP contribution >= 0.6 is 0 Å². The number of para-hydroxylation sites is 1. The fourth-order valence-corrected chi connectivity index (χ4v) is 4.58. The Morgan fingerprint density at radius 3 is 2.79 bits per heavy atom. The summed E-state index contributed by atoms with van der Waals surface area (Å²) in [5.74, 6) is 0.915. The quantitative estimate of drug-likeness (QED) is 0.350. The zero-order valence-electron chi connectivity index (χ0n) is 18.8. The van der Waals surface area contributed by atoms with E-state index in [1.165, 1.54) is 11.6 Å². The number of aromatic amines is 1. The van der Waals surface area contributed by atoms with Crippen LogP contribution in [0, 0.1) is 5.82 Å². The molecule has 1 saturated heterocycles. The van der Waals surface area contributed by atoms with Crippen molar-refractivity contribution in [2.45, 2.75) is 25.4 Å². The molecule has 176 valence electrons. The number of aromatic nitrogens is 1. The molecule has 7 heteroatoms. The summed E-state index contributed by atoms with van der Waals surface area (Å²) in [6.45, 7) is 3.28. The maximum absolute atomic E-state index is 13.5. The van der Waals surface area contributed by atoms with Gasteiger partial charge in [-0.2, -0.15) is 0 Å². The van der Waals surface area contributed by atoms with Crippen molar-refractivity contribution in [2.24, 2.45) is 0 Å². The van der Waals surface area contributed by atoms with Crippen LogP contribution in [0.5, 0.6) is 5.75 Å². The Bertz CT molecular complexity index is 1240. The van der Waals surface area contributed by atoms with Gasteiger partial charge in [-0.1, -0.05) is 12.1 Å². The topological polar surface area (TPSA) is 67.7 Å². The van der Waals surface area contributed by atoms with Crippen LogP contribution in [0.4, 0.5) is 4.39 Å². The molecule has 0 radical (unpaired) electrons. The molecule has 3 heterocycles. The first-order valence-electron chi connectivity index (χ1n) is 11.6. The van der Waals surface area contributed by atoms with Gasteiger partial charge in [0.25, 0.3) is 0 Å². The van der Waals surface area contributed by atoms with E-state index in [9.17, 15) is 9.18 Å².